The zero-order chi connectivity index (χ0) is 20.5. The molecule has 3 rings (SSSR count). The van der Waals surface area contributed by atoms with Crippen LogP contribution in [0, 0.1) is 5.41 Å². The lowest BCUT2D eigenvalue weighted by atomic mass is 9.92. The number of carbonyl (C=O) groups excluding carboxylic acids is 2. The maximum Gasteiger partial charge on any atom is 0.255 e. The molecule has 0 fully saturated rings. The SMILES string of the molecule is CC(C)(C)CCN1C(=O)c2ccccc2C1C(=O)NCc1ccc(Cl)c(Cl)c1. The van der Waals surface area contributed by atoms with Crippen molar-refractivity contribution in [3.63, 3.8) is 0 Å². The Morgan fingerprint density at radius 2 is 1.82 bits per heavy atom. The summed E-state index contributed by atoms with van der Waals surface area (Å²) in [5, 5.41) is 3.86. The molecule has 1 aliphatic heterocycles. The van der Waals surface area contributed by atoms with Crippen LogP contribution >= 0.6 is 23.2 Å². The summed E-state index contributed by atoms with van der Waals surface area (Å²) >= 11 is 12.0. The predicted molar refractivity (Wildman–Crippen MR) is 113 cm³/mol. The second kappa shape index (κ2) is 8.14. The third-order valence-electron chi connectivity index (χ3n) is 4.86. The van der Waals surface area contributed by atoms with Gasteiger partial charge in [0.05, 0.1) is 10.0 Å². The molecular formula is C22H24Cl2N2O2. The van der Waals surface area contributed by atoms with Gasteiger partial charge in [-0.05, 0) is 41.2 Å². The van der Waals surface area contributed by atoms with E-state index < -0.39 is 6.04 Å². The summed E-state index contributed by atoms with van der Waals surface area (Å²) in [7, 11) is 0. The van der Waals surface area contributed by atoms with Crippen molar-refractivity contribution in [1.29, 1.82) is 0 Å². The fraction of sp³-hybridized carbons (Fsp3) is 0.364. The van der Waals surface area contributed by atoms with E-state index >= 15 is 0 Å². The Morgan fingerprint density at radius 3 is 2.50 bits per heavy atom. The maximum atomic E-state index is 13.0. The molecule has 1 unspecified atom stereocenters. The predicted octanol–water partition coefficient (Wildman–Crippen LogP) is 5.24. The third kappa shape index (κ3) is 4.50. The molecule has 0 aromatic heterocycles. The summed E-state index contributed by atoms with van der Waals surface area (Å²) in [4.78, 5) is 27.6. The van der Waals surface area contributed by atoms with Crippen LogP contribution in [0.1, 0.15) is 54.7 Å². The minimum absolute atomic E-state index is 0.0656. The molecule has 0 radical (unpaired) electrons. The zero-order valence-corrected chi connectivity index (χ0v) is 17.8. The van der Waals surface area contributed by atoms with Crippen molar-refractivity contribution in [2.24, 2.45) is 5.41 Å². The molecule has 1 aliphatic rings. The minimum atomic E-state index is -0.617. The van der Waals surface area contributed by atoms with Gasteiger partial charge >= 0.3 is 0 Å². The molecule has 1 atom stereocenters. The van der Waals surface area contributed by atoms with Gasteiger partial charge in [-0.3, -0.25) is 9.59 Å². The summed E-state index contributed by atoms with van der Waals surface area (Å²) in [6.07, 6.45) is 0.809. The van der Waals surface area contributed by atoms with Crippen molar-refractivity contribution in [2.75, 3.05) is 6.54 Å². The van der Waals surface area contributed by atoms with Crippen LogP contribution in [0.15, 0.2) is 42.5 Å². The van der Waals surface area contributed by atoms with Crippen LogP contribution in [0.4, 0.5) is 0 Å². The van der Waals surface area contributed by atoms with E-state index in [2.05, 4.69) is 26.1 Å². The number of amides is 2. The zero-order valence-electron chi connectivity index (χ0n) is 16.3. The standard InChI is InChI=1S/C22H24Cl2N2O2/c1-22(2,3)10-11-26-19(15-6-4-5-7-16(15)21(26)28)20(27)25-13-14-8-9-17(23)18(24)12-14/h4-9,12,19H,10-11,13H2,1-3H3,(H,25,27). The van der Waals surface area contributed by atoms with Crippen LogP contribution in [0.25, 0.3) is 0 Å². The number of benzene rings is 2. The molecule has 0 saturated heterocycles. The first kappa shape index (κ1) is 20.7. The Kier molecular flexibility index (Phi) is 6.01. The van der Waals surface area contributed by atoms with E-state index in [0.717, 1.165) is 17.5 Å². The molecule has 4 nitrogen and oxygen atoms in total. The average molecular weight is 419 g/mol. The number of hydrogen-bond donors (Lipinski definition) is 1. The number of nitrogens with one attached hydrogen (secondary N) is 1. The number of halogens is 2. The van der Waals surface area contributed by atoms with Crippen molar-refractivity contribution in [1.82, 2.24) is 10.2 Å². The molecule has 2 aromatic rings. The molecule has 1 N–H and O–H groups in total. The Hall–Kier alpha value is -2.04. The smallest absolute Gasteiger partial charge is 0.255 e. The van der Waals surface area contributed by atoms with Gasteiger partial charge in [-0.1, -0.05) is 68.2 Å². The van der Waals surface area contributed by atoms with Crippen LogP contribution in [0.3, 0.4) is 0 Å². The van der Waals surface area contributed by atoms with Gasteiger partial charge in [0.2, 0.25) is 5.91 Å². The highest BCUT2D eigenvalue weighted by molar-refractivity contribution is 6.42. The Balaban J connectivity index is 1.79. The second-order valence-electron chi connectivity index (χ2n) is 8.27. The molecule has 2 aromatic carbocycles. The molecular weight excluding hydrogens is 395 g/mol. The molecule has 0 spiro atoms. The van der Waals surface area contributed by atoms with Crippen LogP contribution in [-0.4, -0.2) is 23.3 Å². The Bertz CT molecular complexity index is 906. The van der Waals surface area contributed by atoms with Crippen molar-refractivity contribution >= 4 is 35.0 Å². The quantitative estimate of drug-likeness (QED) is 0.720. The number of hydrogen-bond acceptors (Lipinski definition) is 2. The van der Waals surface area contributed by atoms with E-state index in [1.807, 2.05) is 24.3 Å². The Morgan fingerprint density at radius 1 is 1.11 bits per heavy atom. The molecule has 0 bridgehead atoms. The fourth-order valence-electron chi connectivity index (χ4n) is 3.27. The summed E-state index contributed by atoms with van der Waals surface area (Å²) in [6, 6.07) is 12.0. The van der Waals surface area contributed by atoms with E-state index in [0.29, 0.717) is 28.7 Å². The minimum Gasteiger partial charge on any atom is -0.350 e. The normalized spacial score (nSPS) is 16.2. The van der Waals surface area contributed by atoms with Gasteiger partial charge < -0.3 is 10.2 Å². The topological polar surface area (TPSA) is 49.4 Å². The highest BCUT2D eigenvalue weighted by Gasteiger charge is 2.40. The third-order valence-corrected chi connectivity index (χ3v) is 5.60. The first-order chi connectivity index (χ1) is 13.2. The monoisotopic (exact) mass is 418 g/mol. The molecule has 148 valence electrons. The summed E-state index contributed by atoms with van der Waals surface area (Å²) in [6.45, 7) is 7.22. The van der Waals surface area contributed by atoms with Gasteiger partial charge in [-0.2, -0.15) is 0 Å². The molecule has 28 heavy (non-hydrogen) atoms. The van der Waals surface area contributed by atoms with Crippen molar-refractivity contribution in [3.8, 4) is 0 Å². The first-order valence-electron chi connectivity index (χ1n) is 9.29. The van der Waals surface area contributed by atoms with Gasteiger partial charge in [0.15, 0.2) is 0 Å². The van der Waals surface area contributed by atoms with E-state index in [4.69, 9.17) is 23.2 Å². The number of nitrogens with zero attached hydrogens (tertiary/aromatic N) is 1. The second-order valence-corrected chi connectivity index (χ2v) is 9.08. The van der Waals surface area contributed by atoms with E-state index in [9.17, 15) is 9.59 Å². The van der Waals surface area contributed by atoms with Gasteiger partial charge in [-0.25, -0.2) is 0 Å². The van der Waals surface area contributed by atoms with Crippen LogP contribution in [-0.2, 0) is 11.3 Å². The summed E-state index contributed by atoms with van der Waals surface area (Å²) in [5.74, 6) is -0.284. The highest BCUT2D eigenvalue weighted by atomic mass is 35.5. The molecule has 2 amide bonds. The van der Waals surface area contributed by atoms with Crippen molar-refractivity contribution < 1.29 is 9.59 Å². The van der Waals surface area contributed by atoms with Crippen LogP contribution in [0.2, 0.25) is 10.0 Å². The largest absolute Gasteiger partial charge is 0.350 e. The van der Waals surface area contributed by atoms with Crippen LogP contribution < -0.4 is 5.32 Å². The lowest BCUT2D eigenvalue weighted by molar-refractivity contribution is -0.125. The van der Waals surface area contributed by atoms with Crippen molar-refractivity contribution in [3.05, 3.63) is 69.2 Å². The lowest BCUT2D eigenvalue weighted by Crippen LogP contribution is -2.40. The van der Waals surface area contributed by atoms with Gasteiger partial charge in [0.25, 0.3) is 5.91 Å². The van der Waals surface area contributed by atoms with E-state index in [-0.39, 0.29) is 17.2 Å². The number of carbonyl (C=O) groups is 2. The van der Waals surface area contributed by atoms with Gasteiger partial charge in [-0.15, -0.1) is 0 Å². The lowest BCUT2D eigenvalue weighted by Gasteiger charge is -2.28. The first-order valence-corrected chi connectivity index (χ1v) is 10.0. The van der Waals surface area contributed by atoms with Gasteiger partial charge in [0.1, 0.15) is 6.04 Å². The molecule has 0 aliphatic carbocycles. The summed E-state index contributed by atoms with van der Waals surface area (Å²) < 4.78 is 0. The highest BCUT2D eigenvalue weighted by Crippen LogP contribution is 2.35. The fourth-order valence-corrected chi connectivity index (χ4v) is 3.60. The number of fused-ring (bicyclic) bond motifs is 1. The van der Waals surface area contributed by atoms with E-state index in [1.165, 1.54) is 0 Å². The maximum absolute atomic E-state index is 13.0. The van der Waals surface area contributed by atoms with Gasteiger partial charge in [0, 0.05) is 18.7 Å². The average Bonchev–Trinajstić information content (AvgIpc) is 2.92. The molecule has 0 saturated carbocycles. The van der Waals surface area contributed by atoms with E-state index in [1.54, 1.807) is 23.1 Å². The molecule has 6 heteroatoms. The summed E-state index contributed by atoms with van der Waals surface area (Å²) in [5.41, 5.74) is 2.27. The number of rotatable bonds is 5. The Labute approximate surface area is 175 Å². The van der Waals surface area contributed by atoms with Crippen molar-refractivity contribution in [2.45, 2.75) is 39.8 Å². The van der Waals surface area contributed by atoms with Crippen LogP contribution in [0.5, 0.6) is 0 Å². The molecule has 1 heterocycles.